The summed E-state index contributed by atoms with van der Waals surface area (Å²) >= 11 is 1.64. The molecular formula is C9H9IO3S. The van der Waals surface area contributed by atoms with Gasteiger partial charge in [0.2, 0.25) is 0 Å². The van der Waals surface area contributed by atoms with Gasteiger partial charge in [0.1, 0.15) is 0 Å². The van der Waals surface area contributed by atoms with Crippen molar-refractivity contribution in [3.8, 4) is 0 Å². The highest BCUT2D eigenvalue weighted by Crippen LogP contribution is 2.15. The number of sulfone groups is 1. The molecule has 5 heteroatoms. The monoisotopic (exact) mass is 324 g/mol. The Morgan fingerprint density at radius 2 is 1.79 bits per heavy atom. The number of hydrogen-bond acceptors (Lipinski definition) is 3. The first-order valence-electron chi connectivity index (χ1n) is 3.85. The van der Waals surface area contributed by atoms with Crippen molar-refractivity contribution < 1.29 is 13.2 Å². The Labute approximate surface area is 96.6 Å². The molecule has 0 amide bonds. The number of Topliss-reactive ketones (excluding diaryl/α,β-unsaturated/α-hetero) is 1. The lowest BCUT2D eigenvalue weighted by Gasteiger charge is -2.05. The Kier molecular flexibility index (Phi) is 3.65. The summed E-state index contributed by atoms with van der Waals surface area (Å²) in [5.74, 6) is -0.367. The fourth-order valence-corrected chi connectivity index (χ4v) is 1.81. The predicted octanol–water partition coefficient (Wildman–Crippen LogP) is 1.68. The minimum absolute atomic E-state index is 0.367. The molecule has 0 aliphatic rings. The van der Waals surface area contributed by atoms with Crippen molar-refractivity contribution in [1.29, 1.82) is 0 Å². The van der Waals surface area contributed by atoms with Gasteiger partial charge < -0.3 is 0 Å². The molecule has 0 aliphatic carbocycles. The van der Waals surface area contributed by atoms with Crippen LogP contribution < -0.4 is 0 Å². The molecule has 0 N–H and O–H groups in total. The van der Waals surface area contributed by atoms with Crippen LogP contribution in [0.15, 0.2) is 30.3 Å². The summed E-state index contributed by atoms with van der Waals surface area (Å²) in [5.41, 5.74) is 0.428. The predicted molar refractivity (Wildman–Crippen MR) is 63.4 cm³/mol. The van der Waals surface area contributed by atoms with Gasteiger partial charge in [0, 0.05) is 11.8 Å². The number of alkyl halides is 1. The zero-order chi connectivity index (χ0) is 10.8. The topological polar surface area (TPSA) is 51.2 Å². The summed E-state index contributed by atoms with van der Waals surface area (Å²) in [7, 11) is -3.31. The summed E-state index contributed by atoms with van der Waals surface area (Å²) in [5, 5.41) is 0. The number of ketones is 1. The van der Waals surface area contributed by atoms with Crippen LogP contribution in [-0.4, -0.2) is 23.7 Å². The van der Waals surface area contributed by atoms with Gasteiger partial charge in [-0.15, -0.1) is 0 Å². The minimum atomic E-state index is -3.31. The van der Waals surface area contributed by atoms with Crippen molar-refractivity contribution >= 4 is 38.2 Å². The van der Waals surface area contributed by atoms with E-state index in [-0.39, 0.29) is 5.78 Å². The van der Waals surface area contributed by atoms with Crippen molar-refractivity contribution in [3.63, 3.8) is 0 Å². The van der Waals surface area contributed by atoms with Crippen LogP contribution in [0.3, 0.4) is 0 Å². The second-order valence-corrected chi connectivity index (χ2v) is 7.10. The zero-order valence-electron chi connectivity index (χ0n) is 7.48. The largest absolute Gasteiger partial charge is 0.292 e. The Bertz CT molecular complexity index is 425. The van der Waals surface area contributed by atoms with Gasteiger partial charge in [-0.2, -0.15) is 0 Å². The Balaban J connectivity index is 2.99. The maximum Gasteiger partial charge on any atom is 0.190 e. The normalized spacial score (nSPS) is 13.6. The standard InChI is InChI=1S/C9H9IO3S/c1-14(12,13)9(10)8(11)7-5-3-2-4-6-7/h2-6,9H,1H3/t9-/m0/s1. The molecule has 1 rings (SSSR count). The molecule has 0 saturated heterocycles. The van der Waals surface area contributed by atoms with Crippen LogP contribution in [0.2, 0.25) is 0 Å². The van der Waals surface area contributed by atoms with Gasteiger partial charge in [-0.3, -0.25) is 4.79 Å². The first-order chi connectivity index (χ1) is 6.43. The molecule has 14 heavy (non-hydrogen) atoms. The van der Waals surface area contributed by atoms with Gasteiger partial charge in [-0.1, -0.05) is 52.9 Å². The van der Waals surface area contributed by atoms with Crippen LogP contribution in [0.4, 0.5) is 0 Å². The van der Waals surface area contributed by atoms with E-state index in [0.717, 1.165) is 6.26 Å². The second-order valence-electron chi connectivity index (χ2n) is 2.88. The van der Waals surface area contributed by atoms with E-state index in [1.54, 1.807) is 52.9 Å². The molecule has 1 aromatic carbocycles. The highest BCUT2D eigenvalue weighted by molar-refractivity contribution is 14.1. The van der Waals surface area contributed by atoms with Crippen LogP contribution in [0, 0.1) is 0 Å². The van der Waals surface area contributed by atoms with E-state index in [2.05, 4.69) is 0 Å². The van der Waals surface area contributed by atoms with Gasteiger partial charge in [0.25, 0.3) is 0 Å². The molecule has 0 saturated carbocycles. The number of rotatable bonds is 3. The zero-order valence-corrected chi connectivity index (χ0v) is 10.4. The van der Waals surface area contributed by atoms with Gasteiger partial charge in [0.05, 0.1) is 0 Å². The van der Waals surface area contributed by atoms with Crippen LogP contribution >= 0.6 is 22.6 Å². The molecule has 3 nitrogen and oxygen atoms in total. The van der Waals surface area contributed by atoms with Crippen LogP contribution in [0.1, 0.15) is 10.4 Å². The molecule has 1 aromatic rings. The molecule has 0 unspecified atom stereocenters. The van der Waals surface area contributed by atoms with Gasteiger partial charge in [-0.25, -0.2) is 8.42 Å². The van der Waals surface area contributed by atoms with Gasteiger partial charge in [0.15, 0.2) is 18.9 Å². The third kappa shape index (κ3) is 2.78. The first-order valence-corrected chi connectivity index (χ1v) is 7.05. The summed E-state index contributed by atoms with van der Waals surface area (Å²) in [6, 6.07) is 8.41. The summed E-state index contributed by atoms with van der Waals surface area (Å²) in [6.07, 6.45) is 1.06. The van der Waals surface area contributed by atoms with Crippen molar-refractivity contribution in [3.05, 3.63) is 35.9 Å². The fraction of sp³-hybridized carbons (Fsp3) is 0.222. The van der Waals surface area contributed by atoms with E-state index in [9.17, 15) is 13.2 Å². The third-order valence-corrected chi connectivity index (χ3v) is 5.94. The molecule has 0 bridgehead atoms. The molecule has 0 spiro atoms. The maximum absolute atomic E-state index is 11.6. The minimum Gasteiger partial charge on any atom is -0.292 e. The highest BCUT2D eigenvalue weighted by atomic mass is 127. The van der Waals surface area contributed by atoms with Crippen molar-refractivity contribution in [2.45, 2.75) is 3.26 Å². The Morgan fingerprint density at radius 3 is 2.21 bits per heavy atom. The molecule has 0 fully saturated rings. The number of benzene rings is 1. The smallest absolute Gasteiger partial charge is 0.190 e. The fourth-order valence-electron chi connectivity index (χ4n) is 0.928. The number of hydrogen-bond donors (Lipinski definition) is 0. The van der Waals surface area contributed by atoms with Crippen LogP contribution in [0.25, 0.3) is 0 Å². The average Bonchev–Trinajstić information content (AvgIpc) is 2.15. The summed E-state index contributed by atoms with van der Waals surface area (Å²) in [6.45, 7) is 0. The maximum atomic E-state index is 11.6. The van der Waals surface area contributed by atoms with Crippen LogP contribution in [-0.2, 0) is 9.84 Å². The Morgan fingerprint density at radius 1 is 1.29 bits per heavy atom. The molecule has 76 valence electrons. The van der Waals surface area contributed by atoms with Gasteiger partial charge in [-0.05, 0) is 0 Å². The number of halogens is 1. The second kappa shape index (κ2) is 4.39. The summed E-state index contributed by atoms with van der Waals surface area (Å²) < 4.78 is 21.2. The molecule has 0 radical (unpaired) electrons. The lowest BCUT2D eigenvalue weighted by molar-refractivity contribution is 0.101. The lowest BCUT2D eigenvalue weighted by Crippen LogP contribution is -2.23. The summed E-state index contributed by atoms with van der Waals surface area (Å²) in [4.78, 5) is 11.6. The highest BCUT2D eigenvalue weighted by Gasteiger charge is 2.26. The van der Waals surface area contributed by atoms with E-state index in [0.29, 0.717) is 5.56 Å². The van der Waals surface area contributed by atoms with E-state index in [1.807, 2.05) is 0 Å². The van der Waals surface area contributed by atoms with E-state index >= 15 is 0 Å². The number of carbonyl (C=O) groups excluding carboxylic acids is 1. The van der Waals surface area contributed by atoms with E-state index < -0.39 is 13.1 Å². The SMILES string of the molecule is CS(=O)(=O)[C@H](I)C(=O)c1ccccc1. The molecular weight excluding hydrogens is 315 g/mol. The average molecular weight is 324 g/mol. The lowest BCUT2D eigenvalue weighted by atomic mass is 10.2. The molecule has 0 heterocycles. The molecule has 0 aromatic heterocycles. The van der Waals surface area contributed by atoms with Crippen molar-refractivity contribution in [2.75, 3.05) is 6.26 Å². The van der Waals surface area contributed by atoms with Crippen LogP contribution in [0.5, 0.6) is 0 Å². The van der Waals surface area contributed by atoms with Crippen molar-refractivity contribution in [1.82, 2.24) is 0 Å². The van der Waals surface area contributed by atoms with E-state index in [1.165, 1.54) is 0 Å². The Hall–Kier alpha value is -0.430. The van der Waals surface area contributed by atoms with Crippen molar-refractivity contribution in [2.24, 2.45) is 0 Å². The molecule has 1 atom stereocenters. The first kappa shape index (κ1) is 11.6. The quantitative estimate of drug-likeness (QED) is 0.483. The third-order valence-electron chi connectivity index (χ3n) is 1.64. The molecule has 0 aliphatic heterocycles. The number of carbonyl (C=O) groups is 1. The van der Waals surface area contributed by atoms with Gasteiger partial charge >= 0.3 is 0 Å². The van der Waals surface area contributed by atoms with E-state index in [4.69, 9.17) is 0 Å².